The zero-order valence-corrected chi connectivity index (χ0v) is 14.2. The van der Waals surface area contributed by atoms with Gasteiger partial charge in [-0.1, -0.05) is 0 Å². The fourth-order valence-electron chi connectivity index (χ4n) is 3.11. The Morgan fingerprint density at radius 1 is 1.28 bits per heavy atom. The minimum Gasteiger partial charge on any atom is -0.508 e. The summed E-state index contributed by atoms with van der Waals surface area (Å²) in [6.45, 7) is 4.48. The molecule has 0 radical (unpaired) electrons. The van der Waals surface area contributed by atoms with Gasteiger partial charge < -0.3 is 19.7 Å². The molecule has 2 aromatic rings. The number of piperazine rings is 1. The lowest BCUT2D eigenvalue weighted by molar-refractivity contribution is -0.138. The number of phenolic OH excluding ortho intramolecular Hbond substituents is 1. The standard InChI is InChI=1S/C18H20N2O5/c1-10-12-3-5-14(21)11(2)17(12)25-18(24)13(10)4-6-16(23)20-8-7-19-15(22)9-20/h3,5,21H,4,6-9H2,1-2H3,(H,19,22). The number of carbonyl (C=O) groups excluding carboxylic acids is 2. The number of amides is 2. The summed E-state index contributed by atoms with van der Waals surface area (Å²) >= 11 is 0. The average Bonchev–Trinajstić information content (AvgIpc) is 2.58. The number of hydrogen-bond acceptors (Lipinski definition) is 5. The van der Waals surface area contributed by atoms with Crippen LogP contribution < -0.4 is 10.9 Å². The number of aryl methyl sites for hydroxylation is 2. The Bertz CT molecular complexity index is 916. The summed E-state index contributed by atoms with van der Waals surface area (Å²) in [5.41, 5.74) is 1.58. The zero-order valence-electron chi connectivity index (χ0n) is 14.2. The van der Waals surface area contributed by atoms with Crippen molar-refractivity contribution >= 4 is 22.8 Å². The molecular formula is C18H20N2O5. The van der Waals surface area contributed by atoms with Crippen molar-refractivity contribution < 1.29 is 19.1 Å². The number of benzene rings is 1. The van der Waals surface area contributed by atoms with E-state index in [1.54, 1.807) is 19.1 Å². The molecule has 1 fully saturated rings. The van der Waals surface area contributed by atoms with Crippen LogP contribution in [0.25, 0.3) is 11.0 Å². The highest BCUT2D eigenvalue weighted by Gasteiger charge is 2.22. The van der Waals surface area contributed by atoms with E-state index in [9.17, 15) is 19.5 Å². The average molecular weight is 344 g/mol. The van der Waals surface area contributed by atoms with Gasteiger partial charge in [0.15, 0.2) is 0 Å². The highest BCUT2D eigenvalue weighted by atomic mass is 16.4. The molecule has 0 bridgehead atoms. The van der Waals surface area contributed by atoms with Crippen molar-refractivity contribution in [3.63, 3.8) is 0 Å². The summed E-state index contributed by atoms with van der Waals surface area (Å²) in [6, 6.07) is 3.27. The molecule has 132 valence electrons. The first-order valence-corrected chi connectivity index (χ1v) is 8.18. The van der Waals surface area contributed by atoms with Crippen molar-refractivity contribution in [3.8, 4) is 5.75 Å². The number of phenols is 1. The maximum atomic E-state index is 12.3. The fraction of sp³-hybridized carbons (Fsp3) is 0.389. The Morgan fingerprint density at radius 3 is 2.76 bits per heavy atom. The number of aromatic hydroxyl groups is 1. The summed E-state index contributed by atoms with van der Waals surface area (Å²) in [4.78, 5) is 37.5. The smallest absolute Gasteiger partial charge is 0.339 e. The van der Waals surface area contributed by atoms with Gasteiger partial charge in [-0.05, 0) is 38.0 Å². The topological polar surface area (TPSA) is 99.9 Å². The largest absolute Gasteiger partial charge is 0.508 e. The molecule has 0 saturated carbocycles. The van der Waals surface area contributed by atoms with E-state index in [0.717, 1.165) is 10.9 Å². The van der Waals surface area contributed by atoms with E-state index in [-0.39, 0.29) is 37.0 Å². The second kappa shape index (κ2) is 6.58. The lowest BCUT2D eigenvalue weighted by Crippen LogP contribution is -2.50. The van der Waals surface area contributed by atoms with Gasteiger partial charge in [-0.2, -0.15) is 0 Å². The molecule has 2 amide bonds. The van der Waals surface area contributed by atoms with Gasteiger partial charge in [-0.3, -0.25) is 9.59 Å². The molecule has 7 heteroatoms. The minimum atomic E-state index is -0.497. The monoisotopic (exact) mass is 344 g/mol. The summed E-state index contributed by atoms with van der Waals surface area (Å²) < 4.78 is 5.38. The predicted octanol–water partition coefficient (Wildman–Crippen LogP) is 1.01. The molecule has 1 aromatic heterocycles. The number of nitrogens with zero attached hydrogens (tertiary/aromatic N) is 1. The highest BCUT2D eigenvalue weighted by molar-refractivity contribution is 5.87. The molecule has 7 nitrogen and oxygen atoms in total. The van der Waals surface area contributed by atoms with Crippen LogP contribution in [-0.4, -0.2) is 41.5 Å². The highest BCUT2D eigenvalue weighted by Crippen LogP contribution is 2.28. The number of fused-ring (bicyclic) bond motifs is 1. The summed E-state index contributed by atoms with van der Waals surface area (Å²) in [5, 5.41) is 13.2. The normalized spacial score (nSPS) is 14.6. The lowest BCUT2D eigenvalue weighted by atomic mass is 10.00. The molecule has 25 heavy (non-hydrogen) atoms. The van der Waals surface area contributed by atoms with Crippen molar-refractivity contribution in [2.75, 3.05) is 19.6 Å². The summed E-state index contributed by atoms with van der Waals surface area (Å²) in [6.07, 6.45) is 0.391. The van der Waals surface area contributed by atoms with E-state index in [1.165, 1.54) is 4.90 Å². The van der Waals surface area contributed by atoms with Crippen molar-refractivity contribution in [1.29, 1.82) is 0 Å². The van der Waals surface area contributed by atoms with Crippen LogP contribution in [0.2, 0.25) is 0 Å². The van der Waals surface area contributed by atoms with Crippen LogP contribution in [0.5, 0.6) is 5.75 Å². The van der Waals surface area contributed by atoms with Crippen molar-refractivity contribution in [1.82, 2.24) is 10.2 Å². The predicted molar refractivity (Wildman–Crippen MR) is 91.5 cm³/mol. The fourth-order valence-corrected chi connectivity index (χ4v) is 3.11. The Kier molecular flexibility index (Phi) is 4.48. The van der Waals surface area contributed by atoms with Crippen LogP contribution in [0.15, 0.2) is 21.3 Å². The van der Waals surface area contributed by atoms with E-state index in [4.69, 9.17) is 4.42 Å². The van der Waals surface area contributed by atoms with Crippen LogP contribution in [0.3, 0.4) is 0 Å². The lowest BCUT2D eigenvalue weighted by Gasteiger charge is -2.26. The van der Waals surface area contributed by atoms with Crippen molar-refractivity contribution in [3.05, 3.63) is 39.2 Å². The van der Waals surface area contributed by atoms with Crippen LogP contribution >= 0.6 is 0 Å². The van der Waals surface area contributed by atoms with Gasteiger partial charge in [0.05, 0.1) is 6.54 Å². The van der Waals surface area contributed by atoms with Gasteiger partial charge in [0.2, 0.25) is 11.8 Å². The molecule has 1 aliphatic rings. The third-order valence-electron chi connectivity index (χ3n) is 4.66. The van der Waals surface area contributed by atoms with Crippen LogP contribution in [0.1, 0.15) is 23.1 Å². The van der Waals surface area contributed by atoms with Crippen LogP contribution in [-0.2, 0) is 16.0 Å². The molecule has 3 rings (SSSR count). The van der Waals surface area contributed by atoms with Crippen molar-refractivity contribution in [2.45, 2.75) is 26.7 Å². The Balaban J connectivity index is 1.84. The maximum Gasteiger partial charge on any atom is 0.339 e. The molecule has 1 saturated heterocycles. The Morgan fingerprint density at radius 2 is 2.04 bits per heavy atom. The second-order valence-corrected chi connectivity index (χ2v) is 6.24. The zero-order chi connectivity index (χ0) is 18.1. The summed E-state index contributed by atoms with van der Waals surface area (Å²) in [7, 11) is 0. The molecule has 1 aliphatic heterocycles. The SMILES string of the molecule is Cc1c(CCC(=O)N2CCNC(=O)C2)c(=O)oc2c(C)c(O)ccc12. The number of rotatable bonds is 3. The maximum absolute atomic E-state index is 12.3. The van der Waals surface area contributed by atoms with Crippen molar-refractivity contribution in [2.24, 2.45) is 0 Å². The first-order chi connectivity index (χ1) is 11.9. The number of hydrogen-bond donors (Lipinski definition) is 2. The van der Waals surface area contributed by atoms with Gasteiger partial charge in [-0.15, -0.1) is 0 Å². The number of carbonyl (C=O) groups is 2. The second-order valence-electron chi connectivity index (χ2n) is 6.24. The molecular weight excluding hydrogens is 324 g/mol. The van der Waals surface area contributed by atoms with Gasteiger partial charge >= 0.3 is 5.63 Å². The molecule has 1 aromatic carbocycles. The Labute approximate surface area is 144 Å². The molecule has 2 heterocycles. The van der Waals surface area contributed by atoms with E-state index >= 15 is 0 Å². The molecule has 0 unspecified atom stereocenters. The Hall–Kier alpha value is -2.83. The number of nitrogens with one attached hydrogen (secondary N) is 1. The summed E-state index contributed by atoms with van der Waals surface area (Å²) in [5.74, 6) is -0.256. The third kappa shape index (κ3) is 3.22. The molecule has 2 N–H and O–H groups in total. The minimum absolute atomic E-state index is 0.0581. The van der Waals surface area contributed by atoms with Gasteiger partial charge in [0, 0.05) is 36.0 Å². The van der Waals surface area contributed by atoms with Crippen LogP contribution in [0.4, 0.5) is 0 Å². The molecule has 0 spiro atoms. The van der Waals surface area contributed by atoms with E-state index in [1.807, 2.05) is 6.92 Å². The van der Waals surface area contributed by atoms with E-state index in [0.29, 0.717) is 29.8 Å². The van der Waals surface area contributed by atoms with Crippen LogP contribution in [0, 0.1) is 13.8 Å². The van der Waals surface area contributed by atoms with E-state index < -0.39 is 5.63 Å². The van der Waals surface area contributed by atoms with Gasteiger partial charge in [0.25, 0.3) is 0 Å². The molecule has 0 atom stereocenters. The van der Waals surface area contributed by atoms with Gasteiger partial charge in [-0.25, -0.2) is 4.79 Å². The quantitative estimate of drug-likeness (QED) is 0.810. The van der Waals surface area contributed by atoms with Gasteiger partial charge in [0.1, 0.15) is 11.3 Å². The first-order valence-electron chi connectivity index (χ1n) is 8.18. The molecule has 0 aliphatic carbocycles. The third-order valence-corrected chi connectivity index (χ3v) is 4.66. The van der Waals surface area contributed by atoms with E-state index in [2.05, 4.69) is 5.32 Å². The first kappa shape index (κ1) is 17.0.